The van der Waals surface area contributed by atoms with Crippen LogP contribution in [0.5, 0.6) is 0 Å². The summed E-state index contributed by atoms with van der Waals surface area (Å²) in [6, 6.07) is 12.1. The molecule has 2 aromatic rings. The van der Waals surface area contributed by atoms with E-state index in [0.717, 1.165) is 16.8 Å². The van der Waals surface area contributed by atoms with Gasteiger partial charge in [-0.3, -0.25) is 4.79 Å². The van der Waals surface area contributed by atoms with Gasteiger partial charge >= 0.3 is 0 Å². The summed E-state index contributed by atoms with van der Waals surface area (Å²) in [5.41, 5.74) is 3.18. The van der Waals surface area contributed by atoms with Gasteiger partial charge in [-0.05, 0) is 43.2 Å². The summed E-state index contributed by atoms with van der Waals surface area (Å²) >= 11 is 0. The zero-order valence-corrected chi connectivity index (χ0v) is 11.5. The van der Waals surface area contributed by atoms with Crippen molar-refractivity contribution >= 4 is 17.3 Å². The molecule has 0 atom stereocenters. The second-order valence-corrected chi connectivity index (χ2v) is 4.70. The summed E-state index contributed by atoms with van der Waals surface area (Å²) in [6.45, 7) is 3.92. The number of anilines is 2. The van der Waals surface area contributed by atoms with Crippen molar-refractivity contribution in [3.05, 3.63) is 59.4 Å². The molecule has 0 fully saturated rings. The predicted molar refractivity (Wildman–Crippen MR) is 79.4 cm³/mol. The van der Waals surface area contributed by atoms with Crippen LogP contribution in [0.25, 0.3) is 0 Å². The molecule has 0 aliphatic heterocycles. The summed E-state index contributed by atoms with van der Waals surface area (Å²) in [4.78, 5) is 11.9. The number of rotatable bonds is 4. The topological polar surface area (TPSA) is 41.1 Å². The number of para-hydroxylation sites is 1. The van der Waals surface area contributed by atoms with Crippen LogP contribution in [0.2, 0.25) is 0 Å². The zero-order valence-electron chi connectivity index (χ0n) is 11.5. The summed E-state index contributed by atoms with van der Waals surface area (Å²) in [6.07, 6.45) is 0. The molecule has 2 aromatic carbocycles. The van der Waals surface area contributed by atoms with Gasteiger partial charge in [-0.2, -0.15) is 0 Å². The lowest BCUT2D eigenvalue weighted by Crippen LogP contribution is -2.22. The molecule has 0 saturated carbocycles. The molecule has 0 aliphatic rings. The zero-order chi connectivity index (χ0) is 14.5. The second-order valence-electron chi connectivity index (χ2n) is 4.70. The molecular formula is C16H17FN2O. The lowest BCUT2D eigenvalue weighted by molar-refractivity contribution is -0.114. The van der Waals surface area contributed by atoms with E-state index >= 15 is 0 Å². The molecule has 104 valence electrons. The average Bonchev–Trinajstić information content (AvgIpc) is 2.42. The maximum absolute atomic E-state index is 13.4. The fourth-order valence-corrected chi connectivity index (χ4v) is 1.84. The number of hydrogen-bond donors (Lipinski definition) is 2. The lowest BCUT2D eigenvalue weighted by Gasteiger charge is -2.11. The fourth-order valence-electron chi connectivity index (χ4n) is 1.84. The van der Waals surface area contributed by atoms with E-state index in [9.17, 15) is 9.18 Å². The van der Waals surface area contributed by atoms with Gasteiger partial charge in [0.15, 0.2) is 0 Å². The number of amides is 1. The molecule has 20 heavy (non-hydrogen) atoms. The molecular weight excluding hydrogens is 255 g/mol. The van der Waals surface area contributed by atoms with Crippen molar-refractivity contribution in [2.24, 2.45) is 0 Å². The summed E-state index contributed by atoms with van der Waals surface area (Å²) in [7, 11) is 0. The lowest BCUT2D eigenvalue weighted by atomic mass is 10.1. The molecule has 0 unspecified atom stereocenters. The summed E-state index contributed by atoms with van der Waals surface area (Å²) in [5.74, 6) is -0.575. The van der Waals surface area contributed by atoms with Gasteiger partial charge in [0.05, 0.1) is 12.2 Å². The van der Waals surface area contributed by atoms with E-state index in [1.165, 1.54) is 6.07 Å². The summed E-state index contributed by atoms with van der Waals surface area (Å²) < 4.78 is 13.4. The third kappa shape index (κ3) is 3.57. The third-order valence-corrected chi connectivity index (χ3v) is 2.98. The van der Waals surface area contributed by atoms with Crippen molar-refractivity contribution in [3.63, 3.8) is 0 Å². The van der Waals surface area contributed by atoms with Crippen LogP contribution < -0.4 is 10.6 Å². The van der Waals surface area contributed by atoms with E-state index in [1.807, 2.05) is 32.0 Å². The minimum Gasteiger partial charge on any atom is -0.374 e. The average molecular weight is 272 g/mol. The van der Waals surface area contributed by atoms with Crippen molar-refractivity contribution in [3.8, 4) is 0 Å². The normalized spacial score (nSPS) is 10.2. The highest BCUT2D eigenvalue weighted by molar-refractivity contribution is 5.94. The van der Waals surface area contributed by atoms with E-state index in [1.54, 1.807) is 18.2 Å². The van der Waals surface area contributed by atoms with E-state index in [0.29, 0.717) is 5.69 Å². The van der Waals surface area contributed by atoms with Crippen molar-refractivity contribution in [1.29, 1.82) is 0 Å². The monoisotopic (exact) mass is 272 g/mol. The molecule has 0 aromatic heterocycles. The fraction of sp³-hybridized carbons (Fsp3) is 0.188. The van der Waals surface area contributed by atoms with E-state index in [4.69, 9.17) is 0 Å². The maximum Gasteiger partial charge on any atom is 0.243 e. The van der Waals surface area contributed by atoms with E-state index in [2.05, 4.69) is 10.6 Å². The minimum absolute atomic E-state index is 0.0221. The van der Waals surface area contributed by atoms with Gasteiger partial charge in [0, 0.05) is 5.69 Å². The molecule has 3 nitrogen and oxygen atoms in total. The first-order chi connectivity index (χ1) is 9.56. The Kier molecular flexibility index (Phi) is 4.35. The molecule has 0 radical (unpaired) electrons. The number of nitrogens with one attached hydrogen (secondary N) is 2. The highest BCUT2D eigenvalue weighted by atomic mass is 19.1. The van der Waals surface area contributed by atoms with E-state index < -0.39 is 0 Å². The van der Waals surface area contributed by atoms with Gasteiger partial charge in [-0.1, -0.05) is 24.3 Å². The number of carbonyl (C=O) groups is 1. The first kappa shape index (κ1) is 14.1. The number of hydrogen-bond acceptors (Lipinski definition) is 2. The quantitative estimate of drug-likeness (QED) is 0.894. The smallest absolute Gasteiger partial charge is 0.243 e. The van der Waals surface area contributed by atoms with Gasteiger partial charge in [-0.25, -0.2) is 4.39 Å². The number of carbonyl (C=O) groups excluding carboxylic acids is 1. The standard InChI is InChI=1S/C16H17FN2O/c1-11-7-8-12(2)15(9-11)19-16(20)10-18-14-6-4-3-5-13(14)17/h3-9,18H,10H2,1-2H3,(H,19,20). The summed E-state index contributed by atoms with van der Waals surface area (Å²) in [5, 5.41) is 5.60. The highest BCUT2D eigenvalue weighted by Gasteiger charge is 2.06. The van der Waals surface area contributed by atoms with Gasteiger partial charge in [-0.15, -0.1) is 0 Å². The Labute approximate surface area is 117 Å². The van der Waals surface area contributed by atoms with Crippen molar-refractivity contribution in [2.45, 2.75) is 13.8 Å². The van der Waals surface area contributed by atoms with Crippen LogP contribution in [0.3, 0.4) is 0 Å². The van der Waals surface area contributed by atoms with Crippen LogP contribution in [0.15, 0.2) is 42.5 Å². The van der Waals surface area contributed by atoms with Crippen LogP contribution in [0, 0.1) is 19.7 Å². The maximum atomic E-state index is 13.4. The van der Waals surface area contributed by atoms with Crippen LogP contribution in [-0.2, 0) is 4.79 Å². The molecule has 0 spiro atoms. The number of aryl methyl sites for hydroxylation is 2. The molecule has 0 saturated heterocycles. The molecule has 2 rings (SSSR count). The molecule has 2 N–H and O–H groups in total. The molecule has 1 amide bonds. The Morgan fingerprint density at radius 2 is 1.85 bits per heavy atom. The van der Waals surface area contributed by atoms with Crippen LogP contribution in [0.4, 0.5) is 15.8 Å². The third-order valence-electron chi connectivity index (χ3n) is 2.98. The Balaban J connectivity index is 1.96. The predicted octanol–water partition coefficient (Wildman–Crippen LogP) is 3.49. The van der Waals surface area contributed by atoms with E-state index in [-0.39, 0.29) is 18.3 Å². The van der Waals surface area contributed by atoms with Crippen LogP contribution in [-0.4, -0.2) is 12.5 Å². The molecule has 0 aliphatic carbocycles. The van der Waals surface area contributed by atoms with Crippen LogP contribution >= 0.6 is 0 Å². The van der Waals surface area contributed by atoms with Crippen molar-refractivity contribution in [1.82, 2.24) is 0 Å². The number of benzene rings is 2. The van der Waals surface area contributed by atoms with Crippen LogP contribution in [0.1, 0.15) is 11.1 Å². The van der Waals surface area contributed by atoms with Crippen molar-refractivity contribution < 1.29 is 9.18 Å². The second kappa shape index (κ2) is 6.19. The van der Waals surface area contributed by atoms with Gasteiger partial charge < -0.3 is 10.6 Å². The largest absolute Gasteiger partial charge is 0.374 e. The molecule has 0 bridgehead atoms. The highest BCUT2D eigenvalue weighted by Crippen LogP contribution is 2.16. The SMILES string of the molecule is Cc1ccc(C)c(NC(=O)CNc2ccccc2F)c1. The Morgan fingerprint density at radius 1 is 1.10 bits per heavy atom. The Hall–Kier alpha value is -2.36. The Morgan fingerprint density at radius 3 is 2.60 bits per heavy atom. The Bertz CT molecular complexity index is 626. The number of halogens is 1. The molecule has 0 heterocycles. The first-order valence-electron chi connectivity index (χ1n) is 6.42. The van der Waals surface area contributed by atoms with Crippen molar-refractivity contribution in [2.75, 3.05) is 17.2 Å². The first-order valence-corrected chi connectivity index (χ1v) is 6.42. The minimum atomic E-state index is -0.368. The van der Waals surface area contributed by atoms with Gasteiger partial charge in [0.25, 0.3) is 0 Å². The van der Waals surface area contributed by atoms with Gasteiger partial charge in [0.2, 0.25) is 5.91 Å². The molecule has 4 heteroatoms. The van der Waals surface area contributed by atoms with Gasteiger partial charge in [0.1, 0.15) is 5.82 Å².